The minimum Gasteiger partial charge on any atom is -0.483 e. The summed E-state index contributed by atoms with van der Waals surface area (Å²) in [7, 11) is 0. The molecule has 0 saturated heterocycles. The summed E-state index contributed by atoms with van der Waals surface area (Å²) in [6, 6.07) is 13.5. The van der Waals surface area contributed by atoms with Gasteiger partial charge < -0.3 is 4.74 Å². The molecule has 2 aromatic rings. The highest BCUT2D eigenvalue weighted by Crippen LogP contribution is 2.25. The summed E-state index contributed by atoms with van der Waals surface area (Å²) >= 11 is 0. The molecule has 2 amide bonds. The normalized spacial score (nSPS) is 15.0. The van der Waals surface area contributed by atoms with Crippen LogP contribution in [0.4, 0.5) is 0 Å². The monoisotopic (exact) mass is 326 g/mol. The van der Waals surface area contributed by atoms with Crippen molar-refractivity contribution >= 4 is 22.6 Å². The number of ether oxygens (including phenoxy) is 1. The first-order chi connectivity index (χ1) is 11.7. The lowest BCUT2D eigenvalue weighted by Gasteiger charge is -2.20. The van der Waals surface area contributed by atoms with E-state index < -0.39 is 0 Å². The highest BCUT2D eigenvalue weighted by molar-refractivity contribution is 5.89. The predicted molar refractivity (Wildman–Crippen MR) is 92.3 cm³/mol. The number of carbonyl (C=O) groups is 2. The maximum absolute atomic E-state index is 12.0. The molecule has 0 aromatic heterocycles. The zero-order chi connectivity index (χ0) is 16.8. The highest BCUT2D eigenvalue weighted by Gasteiger charge is 2.21. The minimum absolute atomic E-state index is 0.0121. The van der Waals surface area contributed by atoms with Crippen LogP contribution in [0, 0.1) is 5.92 Å². The fraction of sp³-hybridized carbons (Fsp3) is 0.368. The molecule has 0 unspecified atom stereocenters. The summed E-state index contributed by atoms with van der Waals surface area (Å²) in [6.45, 7) is -0.140. The third-order valence-electron chi connectivity index (χ3n) is 4.41. The first-order valence-corrected chi connectivity index (χ1v) is 8.43. The summed E-state index contributed by atoms with van der Waals surface area (Å²) in [6.07, 6.45) is 5.14. The smallest absolute Gasteiger partial charge is 0.276 e. The second kappa shape index (κ2) is 7.81. The van der Waals surface area contributed by atoms with E-state index in [0.717, 1.165) is 36.5 Å². The van der Waals surface area contributed by atoms with Gasteiger partial charge in [-0.1, -0.05) is 55.7 Å². The molecule has 0 bridgehead atoms. The van der Waals surface area contributed by atoms with Crippen LogP contribution in [0.15, 0.2) is 42.5 Å². The number of carbonyl (C=O) groups excluding carboxylic acids is 2. The van der Waals surface area contributed by atoms with E-state index in [1.54, 1.807) is 0 Å². The van der Waals surface area contributed by atoms with Crippen LogP contribution in [0.5, 0.6) is 5.75 Å². The van der Waals surface area contributed by atoms with E-state index in [1.165, 1.54) is 6.42 Å². The number of hydrogen-bond acceptors (Lipinski definition) is 3. The predicted octanol–water partition coefficient (Wildman–Crippen LogP) is 2.95. The van der Waals surface area contributed by atoms with Crippen molar-refractivity contribution in [2.24, 2.45) is 5.92 Å². The van der Waals surface area contributed by atoms with E-state index in [0.29, 0.717) is 5.75 Å². The summed E-state index contributed by atoms with van der Waals surface area (Å²) in [5.41, 5.74) is 4.94. The van der Waals surface area contributed by atoms with Gasteiger partial charge in [0.1, 0.15) is 5.75 Å². The van der Waals surface area contributed by atoms with Gasteiger partial charge in [-0.15, -0.1) is 0 Å². The Morgan fingerprint density at radius 2 is 1.71 bits per heavy atom. The average Bonchev–Trinajstić information content (AvgIpc) is 2.65. The Hall–Kier alpha value is -2.56. The lowest BCUT2D eigenvalue weighted by molar-refractivity contribution is -0.132. The Labute approximate surface area is 141 Å². The fourth-order valence-electron chi connectivity index (χ4n) is 3.10. The van der Waals surface area contributed by atoms with E-state index in [4.69, 9.17) is 4.74 Å². The van der Waals surface area contributed by atoms with Crippen molar-refractivity contribution in [3.8, 4) is 5.75 Å². The third kappa shape index (κ3) is 4.04. The van der Waals surface area contributed by atoms with E-state index in [1.807, 2.05) is 42.5 Å². The molecule has 2 aromatic carbocycles. The molecule has 126 valence electrons. The topological polar surface area (TPSA) is 67.4 Å². The van der Waals surface area contributed by atoms with Crippen molar-refractivity contribution in [3.05, 3.63) is 42.5 Å². The Balaban J connectivity index is 1.49. The Morgan fingerprint density at radius 3 is 2.54 bits per heavy atom. The minimum atomic E-state index is -0.368. The zero-order valence-electron chi connectivity index (χ0n) is 13.6. The number of rotatable bonds is 4. The molecule has 0 radical (unpaired) electrons. The van der Waals surface area contributed by atoms with Gasteiger partial charge in [0.15, 0.2) is 6.61 Å². The lowest BCUT2D eigenvalue weighted by Crippen LogP contribution is -2.46. The molecule has 3 rings (SSSR count). The Bertz CT molecular complexity index is 718. The van der Waals surface area contributed by atoms with Crippen molar-refractivity contribution in [1.82, 2.24) is 10.9 Å². The molecule has 0 aliphatic heterocycles. The Kier molecular flexibility index (Phi) is 5.31. The van der Waals surface area contributed by atoms with Crippen LogP contribution >= 0.6 is 0 Å². The fourth-order valence-corrected chi connectivity index (χ4v) is 3.10. The molecular weight excluding hydrogens is 304 g/mol. The SMILES string of the molecule is O=C(COc1cccc2ccccc12)NNC(=O)C1CCCCC1. The van der Waals surface area contributed by atoms with Crippen LogP contribution in [0.1, 0.15) is 32.1 Å². The molecule has 1 fully saturated rings. The number of amides is 2. The summed E-state index contributed by atoms with van der Waals surface area (Å²) in [4.78, 5) is 23.9. The molecule has 5 heteroatoms. The van der Waals surface area contributed by atoms with Gasteiger partial charge in [0.05, 0.1) is 0 Å². The van der Waals surface area contributed by atoms with Crippen LogP contribution in [0.2, 0.25) is 0 Å². The van der Waals surface area contributed by atoms with Crippen molar-refractivity contribution in [2.75, 3.05) is 6.61 Å². The molecule has 1 aliphatic rings. The average molecular weight is 326 g/mol. The van der Waals surface area contributed by atoms with E-state index in [-0.39, 0.29) is 24.3 Å². The molecule has 24 heavy (non-hydrogen) atoms. The summed E-state index contributed by atoms with van der Waals surface area (Å²) < 4.78 is 5.60. The van der Waals surface area contributed by atoms with E-state index in [9.17, 15) is 9.59 Å². The van der Waals surface area contributed by atoms with Crippen LogP contribution in [-0.2, 0) is 9.59 Å². The highest BCUT2D eigenvalue weighted by atomic mass is 16.5. The van der Waals surface area contributed by atoms with Gasteiger partial charge >= 0.3 is 0 Å². The Morgan fingerprint density at radius 1 is 0.958 bits per heavy atom. The standard InChI is InChI=1S/C19H22N2O3/c22-18(20-21-19(23)15-8-2-1-3-9-15)13-24-17-12-6-10-14-7-4-5-11-16(14)17/h4-7,10-12,15H,1-3,8-9,13H2,(H,20,22)(H,21,23). The molecule has 0 spiro atoms. The molecule has 1 aliphatic carbocycles. The molecule has 2 N–H and O–H groups in total. The van der Waals surface area contributed by atoms with Gasteiger partial charge in [0, 0.05) is 11.3 Å². The van der Waals surface area contributed by atoms with Crippen molar-refractivity contribution in [2.45, 2.75) is 32.1 Å². The largest absolute Gasteiger partial charge is 0.483 e. The van der Waals surface area contributed by atoms with Gasteiger partial charge in [-0.3, -0.25) is 20.4 Å². The number of nitrogens with one attached hydrogen (secondary N) is 2. The van der Waals surface area contributed by atoms with Gasteiger partial charge in [-0.05, 0) is 24.3 Å². The first kappa shape index (κ1) is 16.3. The maximum Gasteiger partial charge on any atom is 0.276 e. The molecule has 1 saturated carbocycles. The van der Waals surface area contributed by atoms with Gasteiger partial charge in [0.25, 0.3) is 5.91 Å². The van der Waals surface area contributed by atoms with Crippen LogP contribution < -0.4 is 15.6 Å². The second-order valence-corrected chi connectivity index (χ2v) is 6.14. The number of hydrogen-bond donors (Lipinski definition) is 2. The second-order valence-electron chi connectivity index (χ2n) is 6.14. The van der Waals surface area contributed by atoms with E-state index >= 15 is 0 Å². The lowest BCUT2D eigenvalue weighted by atomic mass is 9.89. The maximum atomic E-state index is 12.0. The van der Waals surface area contributed by atoms with Gasteiger partial charge in [-0.25, -0.2) is 0 Å². The number of fused-ring (bicyclic) bond motifs is 1. The molecular formula is C19H22N2O3. The zero-order valence-corrected chi connectivity index (χ0v) is 13.6. The van der Waals surface area contributed by atoms with Crippen molar-refractivity contribution < 1.29 is 14.3 Å². The number of hydrazine groups is 1. The van der Waals surface area contributed by atoms with E-state index in [2.05, 4.69) is 10.9 Å². The van der Waals surface area contributed by atoms with Crippen LogP contribution in [0.3, 0.4) is 0 Å². The quantitative estimate of drug-likeness (QED) is 0.849. The molecule has 0 heterocycles. The van der Waals surface area contributed by atoms with Crippen molar-refractivity contribution in [3.63, 3.8) is 0 Å². The first-order valence-electron chi connectivity index (χ1n) is 8.43. The van der Waals surface area contributed by atoms with Gasteiger partial charge in [-0.2, -0.15) is 0 Å². The third-order valence-corrected chi connectivity index (χ3v) is 4.41. The summed E-state index contributed by atoms with van der Waals surface area (Å²) in [5.74, 6) is 0.195. The van der Waals surface area contributed by atoms with Gasteiger partial charge in [0.2, 0.25) is 5.91 Å². The molecule has 0 atom stereocenters. The van der Waals surface area contributed by atoms with Crippen LogP contribution in [0.25, 0.3) is 10.8 Å². The van der Waals surface area contributed by atoms with Crippen LogP contribution in [-0.4, -0.2) is 18.4 Å². The number of benzene rings is 2. The summed E-state index contributed by atoms with van der Waals surface area (Å²) in [5, 5.41) is 2.01. The molecule has 5 nitrogen and oxygen atoms in total. The van der Waals surface area contributed by atoms with Crippen molar-refractivity contribution in [1.29, 1.82) is 0 Å².